The van der Waals surface area contributed by atoms with Crippen molar-refractivity contribution in [2.45, 2.75) is 6.18 Å². The molecule has 0 amide bonds. The maximum atomic E-state index is 12.1. The lowest BCUT2D eigenvalue weighted by molar-refractivity contribution is -0.119. The van der Waals surface area contributed by atoms with E-state index >= 15 is 0 Å². The molecule has 0 saturated carbocycles. The molecule has 4 nitrogen and oxygen atoms in total. The molecule has 0 bridgehead atoms. The molecular weight excluding hydrogens is 241 g/mol. The summed E-state index contributed by atoms with van der Waals surface area (Å²) in [4.78, 5) is 8.57. The minimum atomic E-state index is -4.28. The highest BCUT2D eigenvalue weighted by atomic mass is 32.1. The quantitative estimate of drug-likeness (QED) is 0.814. The van der Waals surface area contributed by atoms with Gasteiger partial charge < -0.3 is 10.6 Å². The van der Waals surface area contributed by atoms with Crippen LogP contribution in [0.2, 0.25) is 0 Å². The summed E-state index contributed by atoms with van der Waals surface area (Å²) in [6, 6.07) is 0. The molecular formula is C8H9F3N4S. The van der Waals surface area contributed by atoms with Gasteiger partial charge in [-0.05, 0) is 0 Å². The van der Waals surface area contributed by atoms with Gasteiger partial charge >= 0.3 is 6.18 Å². The second kappa shape index (κ2) is 4.60. The Morgan fingerprint density at radius 2 is 2.06 bits per heavy atom. The van der Waals surface area contributed by atoms with Crippen LogP contribution in [0.4, 0.5) is 19.0 Å². The van der Waals surface area contributed by atoms with Crippen LogP contribution in [-0.2, 0) is 0 Å². The number of alkyl halides is 3. The Morgan fingerprint density at radius 1 is 1.44 bits per heavy atom. The molecule has 8 heteroatoms. The van der Waals surface area contributed by atoms with Crippen molar-refractivity contribution in [2.24, 2.45) is 5.73 Å². The normalized spacial score (nSPS) is 11.2. The standard InChI is InChI=1S/C8H9F3N4S/c1-15(4-8(9,10)11)6-3-13-5(2-14-6)7(12)16/h2-3H,4H2,1H3,(H2,12,16). The monoisotopic (exact) mass is 250 g/mol. The molecule has 1 aromatic rings. The molecule has 0 fully saturated rings. The first-order valence-electron chi connectivity index (χ1n) is 4.19. The van der Waals surface area contributed by atoms with E-state index in [0.29, 0.717) is 0 Å². The van der Waals surface area contributed by atoms with Crippen LogP contribution in [0, 0.1) is 0 Å². The summed E-state index contributed by atoms with van der Waals surface area (Å²) in [7, 11) is 1.28. The first-order valence-corrected chi connectivity index (χ1v) is 4.60. The average Bonchev–Trinajstić information content (AvgIpc) is 2.15. The molecule has 88 valence electrons. The van der Waals surface area contributed by atoms with Gasteiger partial charge in [0, 0.05) is 7.05 Å². The van der Waals surface area contributed by atoms with Crippen molar-refractivity contribution < 1.29 is 13.2 Å². The number of halogens is 3. The number of thiocarbonyl (C=S) groups is 1. The van der Waals surface area contributed by atoms with Crippen LogP contribution in [0.15, 0.2) is 12.4 Å². The van der Waals surface area contributed by atoms with Gasteiger partial charge in [-0.1, -0.05) is 12.2 Å². The summed E-state index contributed by atoms with van der Waals surface area (Å²) < 4.78 is 36.2. The van der Waals surface area contributed by atoms with Crippen molar-refractivity contribution in [3.05, 3.63) is 18.1 Å². The number of hydrogen-bond acceptors (Lipinski definition) is 4. The van der Waals surface area contributed by atoms with Crippen LogP contribution in [0.1, 0.15) is 5.69 Å². The summed E-state index contributed by atoms with van der Waals surface area (Å²) in [5, 5.41) is 0. The predicted molar refractivity (Wildman–Crippen MR) is 57.2 cm³/mol. The van der Waals surface area contributed by atoms with Gasteiger partial charge in [0.25, 0.3) is 0 Å². The van der Waals surface area contributed by atoms with Gasteiger partial charge in [-0.25, -0.2) is 9.97 Å². The molecule has 1 aromatic heterocycles. The summed E-state index contributed by atoms with van der Waals surface area (Å²) in [5.74, 6) is 0.109. The first-order chi connectivity index (χ1) is 7.29. The lowest BCUT2D eigenvalue weighted by Gasteiger charge is -2.19. The second-order valence-corrected chi connectivity index (χ2v) is 3.54. The highest BCUT2D eigenvalue weighted by Gasteiger charge is 2.29. The van der Waals surface area contributed by atoms with E-state index in [2.05, 4.69) is 22.2 Å². The van der Waals surface area contributed by atoms with Gasteiger partial charge in [0.15, 0.2) is 0 Å². The molecule has 1 rings (SSSR count). The van der Waals surface area contributed by atoms with E-state index < -0.39 is 12.7 Å². The topological polar surface area (TPSA) is 55.0 Å². The van der Waals surface area contributed by atoms with E-state index in [1.54, 1.807) is 0 Å². The molecule has 2 N–H and O–H groups in total. The minimum Gasteiger partial charge on any atom is -0.388 e. The Labute approximate surface area is 95.3 Å². The summed E-state index contributed by atoms with van der Waals surface area (Å²) in [6.45, 7) is -1.09. The van der Waals surface area contributed by atoms with Crippen molar-refractivity contribution in [2.75, 3.05) is 18.5 Å². The van der Waals surface area contributed by atoms with E-state index in [0.717, 1.165) is 4.90 Å². The lowest BCUT2D eigenvalue weighted by atomic mass is 10.4. The van der Waals surface area contributed by atoms with Crippen molar-refractivity contribution in [1.29, 1.82) is 0 Å². The number of nitrogens with zero attached hydrogens (tertiary/aromatic N) is 3. The van der Waals surface area contributed by atoms with E-state index in [1.807, 2.05) is 0 Å². The smallest absolute Gasteiger partial charge is 0.388 e. The molecule has 0 aliphatic carbocycles. The van der Waals surface area contributed by atoms with Crippen molar-refractivity contribution in [1.82, 2.24) is 9.97 Å². The van der Waals surface area contributed by atoms with Crippen LogP contribution < -0.4 is 10.6 Å². The predicted octanol–water partition coefficient (Wildman–Crippen LogP) is 1.11. The number of hydrogen-bond donors (Lipinski definition) is 1. The fourth-order valence-electron chi connectivity index (χ4n) is 0.996. The van der Waals surface area contributed by atoms with E-state index in [4.69, 9.17) is 5.73 Å². The zero-order chi connectivity index (χ0) is 12.3. The highest BCUT2D eigenvalue weighted by Crippen LogP contribution is 2.18. The molecule has 0 saturated heterocycles. The van der Waals surface area contributed by atoms with Gasteiger partial charge in [-0.15, -0.1) is 0 Å². The minimum absolute atomic E-state index is 0.0533. The molecule has 16 heavy (non-hydrogen) atoms. The SMILES string of the molecule is CN(CC(F)(F)F)c1cnc(C(N)=S)cn1. The largest absolute Gasteiger partial charge is 0.405 e. The maximum Gasteiger partial charge on any atom is 0.405 e. The van der Waals surface area contributed by atoms with Gasteiger partial charge in [-0.3, -0.25) is 0 Å². The third-order valence-electron chi connectivity index (χ3n) is 1.70. The second-order valence-electron chi connectivity index (χ2n) is 3.10. The average molecular weight is 250 g/mol. The summed E-state index contributed by atoms with van der Waals surface area (Å²) in [6.07, 6.45) is -1.84. The third-order valence-corrected chi connectivity index (χ3v) is 1.91. The highest BCUT2D eigenvalue weighted by molar-refractivity contribution is 7.80. The number of aromatic nitrogens is 2. The third kappa shape index (κ3) is 3.61. The molecule has 0 aromatic carbocycles. The molecule has 0 aliphatic rings. The molecule has 0 spiro atoms. The zero-order valence-electron chi connectivity index (χ0n) is 8.32. The van der Waals surface area contributed by atoms with Gasteiger partial charge in [0.1, 0.15) is 23.0 Å². The van der Waals surface area contributed by atoms with Gasteiger partial charge in [-0.2, -0.15) is 13.2 Å². The van der Waals surface area contributed by atoms with Crippen molar-refractivity contribution >= 4 is 23.0 Å². The molecule has 0 unspecified atom stereocenters. The number of anilines is 1. The fourth-order valence-corrected chi connectivity index (χ4v) is 1.10. The molecule has 0 radical (unpaired) electrons. The molecule has 0 atom stereocenters. The van der Waals surface area contributed by atoms with Gasteiger partial charge in [0.05, 0.1) is 12.4 Å². The fraction of sp³-hybridized carbons (Fsp3) is 0.375. The summed E-state index contributed by atoms with van der Waals surface area (Å²) in [5.41, 5.74) is 5.55. The maximum absolute atomic E-state index is 12.1. The first kappa shape index (κ1) is 12.6. The van der Waals surface area contributed by atoms with E-state index in [1.165, 1.54) is 19.4 Å². The molecule has 1 heterocycles. The Morgan fingerprint density at radius 3 is 2.44 bits per heavy atom. The van der Waals surface area contributed by atoms with E-state index in [-0.39, 0.29) is 16.5 Å². The van der Waals surface area contributed by atoms with E-state index in [9.17, 15) is 13.2 Å². The lowest BCUT2D eigenvalue weighted by Crippen LogP contribution is -2.31. The summed E-state index contributed by atoms with van der Waals surface area (Å²) >= 11 is 4.64. The van der Waals surface area contributed by atoms with Crippen LogP contribution in [-0.4, -0.2) is 34.7 Å². The molecule has 0 aliphatic heterocycles. The van der Waals surface area contributed by atoms with Crippen LogP contribution in [0.3, 0.4) is 0 Å². The van der Waals surface area contributed by atoms with Gasteiger partial charge in [0.2, 0.25) is 0 Å². The number of nitrogens with two attached hydrogens (primary N) is 1. The number of rotatable bonds is 3. The Kier molecular flexibility index (Phi) is 3.63. The van der Waals surface area contributed by atoms with Crippen LogP contribution in [0.5, 0.6) is 0 Å². The Balaban J connectivity index is 2.78. The van der Waals surface area contributed by atoms with Crippen molar-refractivity contribution in [3.63, 3.8) is 0 Å². The Hall–Kier alpha value is -1.44. The van der Waals surface area contributed by atoms with Crippen LogP contribution >= 0.6 is 12.2 Å². The zero-order valence-corrected chi connectivity index (χ0v) is 9.14. The van der Waals surface area contributed by atoms with Crippen LogP contribution in [0.25, 0.3) is 0 Å². The Bertz CT molecular complexity index is 376. The van der Waals surface area contributed by atoms with Crippen molar-refractivity contribution in [3.8, 4) is 0 Å².